The third-order valence-corrected chi connectivity index (χ3v) is 5.05. The van der Waals surface area contributed by atoms with Crippen molar-refractivity contribution >= 4 is 0 Å². The number of aliphatic hydroxyl groups is 1. The zero-order chi connectivity index (χ0) is 13.9. The minimum atomic E-state index is 0.00456. The van der Waals surface area contributed by atoms with E-state index < -0.39 is 0 Å². The zero-order valence-electron chi connectivity index (χ0n) is 13.0. The SMILES string of the molecule is CCCNC1(CO)CCC(N2CC(C)CC(C)C2)C1. The molecule has 2 rings (SSSR count). The van der Waals surface area contributed by atoms with Crippen molar-refractivity contribution in [1.82, 2.24) is 10.2 Å². The third kappa shape index (κ3) is 3.71. The second-order valence-electron chi connectivity index (χ2n) is 7.16. The van der Waals surface area contributed by atoms with E-state index >= 15 is 0 Å². The second kappa shape index (κ2) is 6.55. The maximum Gasteiger partial charge on any atom is 0.0613 e. The van der Waals surface area contributed by atoms with E-state index in [1.54, 1.807) is 0 Å². The third-order valence-electron chi connectivity index (χ3n) is 5.05. The van der Waals surface area contributed by atoms with Crippen LogP contribution < -0.4 is 5.32 Å². The Bertz CT molecular complexity index is 274. The normalized spacial score (nSPS) is 40.7. The monoisotopic (exact) mass is 268 g/mol. The number of rotatable bonds is 5. The van der Waals surface area contributed by atoms with Crippen LogP contribution in [0.3, 0.4) is 0 Å². The number of likely N-dealkylation sites (tertiary alicyclic amines) is 1. The number of nitrogens with zero attached hydrogens (tertiary/aromatic N) is 1. The van der Waals surface area contributed by atoms with E-state index in [-0.39, 0.29) is 5.54 Å². The molecule has 1 aliphatic heterocycles. The summed E-state index contributed by atoms with van der Waals surface area (Å²) in [4.78, 5) is 2.70. The maximum atomic E-state index is 9.78. The molecule has 4 unspecified atom stereocenters. The Morgan fingerprint density at radius 1 is 1.26 bits per heavy atom. The van der Waals surface area contributed by atoms with Gasteiger partial charge in [0.25, 0.3) is 0 Å². The van der Waals surface area contributed by atoms with Crippen LogP contribution in [0.2, 0.25) is 0 Å². The van der Waals surface area contributed by atoms with Gasteiger partial charge in [0.15, 0.2) is 0 Å². The molecule has 3 heteroatoms. The van der Waals surface area contributed by atoms with Crippen LogP contribution in [0, 0.1) is 11.8 Å². The highest BCUT2D eigenvalue weighted by Gasteiger charge is 2.41. The first-order valence-corrected chi connectivity index (χ1v) is 8.18. The van der Waals surface area contributed by atoms with Gasteiger partial charge in [-0.2, -0.15) is 0 Å². The summed E-state index contributed by atoms with van der Waals surface area (Å²) in [5.74, 6) is 1.66. The van der Waals surface area contributed by atoms with Gasteiger partial charge in [0, 0.05) is 24.7 Å². The number of piperidine rings is 1. The highest BCUT2D eigenvalue weighted by atomic mass is 16.3. The summed E-state index contributed by atoms with van der Waals surface area (Å²) in [6.07, 6.45) is 6.03. The molecular weight excluding hydrogens is 236 g/mol. The predicted molar refractivity (Wildman–Crippen MR) is 80.3 cm³/mol. The van der Waals surface area contributed by atoms with Crippen molar-refractivity contribution < 1.29 is 5.11 Å². The van der Waals surface area contributed by atoms with Crippen LogP contribution in [-0.2, 0) is 0 Å². The van der Waals surface area contributed by atoms with E-state index in [1.807, 2.05) is 0 Å². The average molecular weight is 268 g/mol. The van der Waals surface area contributed by atoms with Gasteiger partial charge >= 0.3 is 0 Å². The first kappa shape index (κ1) is 15.3. The summed E-state index contributed by atoms with van der Waals surface area (Å²) < 4.78 is 0. The second-order valence-corrected chi connectivity index (χ2v) is 7.16. The van der Waals surface area contributed by atoms with E-state index in [0.717, 1.165) is 37.6 Å². The Hall–Kier alpha value is -0.120. The van der Waals surface area contributed by atoms with E-state index in [1.165, 1.54) is 25.9 Å². The lowest BCUT2D eigenvalue weighted by Crippen LogP contribution is -2.50. The van der Waals surface area contributed by atoms with Crippen LogP contribution in [0.5, 0.6) is 0 Å². The van der Waals surface area contributed by atoms with Gasteiger partial charge in [-0.25, -0.2) is 0 Å². The lowest BCUT2D eigenvalue weighted by Gasteiger charge is -2.39. The Morgan fingerprint density at radius 2 is 1.95 bits per heavy atom. The van der Waals surface area contributed by atoms with Crippen molar-refractivity contribution in [2.45, 2.75) is 64.5 Å². The molecule has 0 aromatic heterocycles. The highest BCUT2D eigenvalue weighted by Crippen LogP contribution is 2.35. The lowest BCUT2D eigenvalue weighted by atomic mass is 9.90. The number of nitrogens with one attached hydrogen (secondary N) is 1. The number of hydrogen-bond donors (Lipinski definition) is 2. The first-order valence-electron chi connectivity index (χ1n) is 8.18. The van der Waals surface area contributed by atoms with Gasteiger partial charge in [0.2, 0.25) is 0 Å². The summed E-state index contributed by atoms with van der Waals surface area (Å²) in [5.41, 5.74) is 0.00456. The summed E-state index contributed by atoms with van der Waals surface area (Å²) >= 11 is 0. The smallest absolute Gasteiger partial charge is 0.0613 e. The van der Waals surface area contributed by atoms with Gasteiger partial charge in [-0.1, -0.05) is 20.8 Å². The molecule has 2 N–H and O–H groups in total. The Kier molecular flexibility index (Phi) is 5.27. The fraction of sp³-hybridized carbons (Fsp3) is 1.00. The summed E-state index contributed by atoms with van der Waals surface area (Å²) in [6, 6.07) is 0.682. The van der Waals surface area contributed by atoms with Crippen LogP contribution in [-0.4, -0.2) is 47.8 Å². The molecule has 0 aromatic carbocycles. The van der Waals surface area contributed by atoms with Crippen molar-refractivity contribution in [1.29, 1.82) is 0 Å². The molecule has 1 aliphatic carbocycles. The number of hydrogen-bond acceptors (Lipinski definition) is 3. The average Bonchev–Trinajstić information content (AvgIpc) is 2.80. The number of aliphatic hydroxyl groups excluding tert-OH is 1. The van der Waals surface area contributed by atoms with Crippen molar-refractivity contribution in [3.05, 3.63) is 0 Å². The van der Waals surface area contributed by atoms with Crippen molar-refractivity contribution in [3.8, 4) is 0 Å². The topological polar surface area (TPSA) is 35.5 Å². The molecule has 1 saturated heterocycles. The van der Waals surface area contributed by atoms with Gasteiger partial charge < -0.3 is 10.4 Å². The molecule has 4 atom stereocenters. The molecule has 1 heterocycles. The minimum Gasteiger partial charge on any atom is -0.394 e. The molecule has 0 aromatic rings. The Balaban J connectivity index is 1.92. The molecular formula is C16H32N2O. The van der Waals surface area contributed by atoms with Gasteiger partial charge in [-0.3, -0.25) is 4.90 Å². The standard InChI is InChI=1S/C16H32N2O/c1-4-7-17-16(12-19)6-5-15(9-16)18-10-13(2)8-14(3)11-18/h13-15,17,19H,4-12H2,1-3H3. The largest absolute Gasteiger partial charge is 0.394 e. The molecule has 112 valence electrons. The van der Waals surface area contributed by atoms with E-state index in [4.69, 9.17) is 0 Å². The predicted octanol–water partition coefficient (Wildman–Crippen LogP) is 2.25. The maximum absolute atomic E-state index is 9.78. The fourth-order valence-electron chi connectivity index (χ4n) is 4.17. The first-order chi connectivity index (χ1) is 9.08. The molecule has 0 amide bonds. The Morgan fingerprint density at radius 3 is 2.53 bits per heavy atom. The van der Waals surface area contributed by atoms with Crippen molar-refractivity contribution in [2.75, 3.05) is 26.2 Å². The van der Waals surface area contributed by atoms with Gasteiger partial charge in [0.1, 0.15) is 0 Å². The van der Waals surface area contributed by atoms with Crippen LogP contribution in [0.1, 0.15) is 52.9 Å². The van der Waals surface area contributed by atoms with Gasteiger partial charge in [0.05, 0.1) is 6.61 Å². The van der Waals surface area contributed by atoms with Crippen LogP contribution in [0.15, 0.2) is 0 Å². The van der Waals surface area contributed by atoms with E-state index in [9.17, 15) is 5.11 Å². The minimum absolute atomic E-state index is 0.00456. The molecule has 3 nitrogen and oxygen atoms in total. The molecule has 0 spiro atoms. The van der Waals surface area contributed by atoms with Gasteiger partial charge in [-0.05, 0) is 50.5 Å². The molecule has 0 radical (unpaired) electrons. The fourth-order valence-corrected chi connectivity index (χ4v) is 4.17. The molecule has 1 saturated carbocycles. The summed E-state index contributed by atoms with van der Waals surface area (Å²) in [7, 11) is 0. The Labute approximate surface area is 118 Å². The quantitative estimate of drug-likeness (QED) is 0.803. The molecule has 19 heavy (non-hydrogen) atoms. The molecule has 2 aliphatic rings. The van der Waals surface area contributed by atoms with Gasteiger partial charge in [-0.15, -0.1) is 0 Å². The molecule has 0 bridgehead atoms. The zero-order valence-corrected chi connectivity index (χ0v) is 13.0. The van der Waals surface area contributed by atoms with E-state index in [2.05, 4.69) is 31.0 Å². The van der Waals surface area contributed by atoms with Crippen LogP contribution in [0.25, 0.3) is 0 Å². The van der Waals surface area contributed by atoms with Crippen LogP contribution >= 0.6 is 0 Å². The van der Waals surface area contributed by atoms with Crippen molar-refractivity contribution in [3.63, 3.8) is 0 Å². The molecule has 2 fully saturated rings. The lowest BCUT2D eigenvalue weighted by molar-refractivity contribution is 0.0866. The van der Waals surface area contributed by atoms with Crippen molar-refractivity contribution in [2.24, 2.45) is 11.8 Å². The van der Waals surface area contributed by atoms with E-state index in [0.29, 0.717) is 12.6 Å². The summed E-state index contributed by atoms with van der Waals surface area (Å²) in [5, 5.41) is 13.4. The summed E-state index contributed by atoms with van der Waals surface area (Å²) in [6.45, 7) is 10.8. The highest BCUT2D eigenvalue weighted by molar-refractivity contribution is 5.00. The van der Waals surface area contributed by atoms with Crippen LogP contribution in [0.4, 0.5) is 0 Å².